The van der Waals surface area contributed by atoms with Gasteiger partial charge >= 0.3 is 5.97 Å². The van der Waals surface area contributed by atoms with Gasteiger partial charge < -0.3 is 25.0 Å². The van der Waals surface area contributed by atoms with E-state index in [4.69, 9.17) is 21.1 Å². The Hall–Kier alpha value is -2.75. The molecule has 1 fully saturated rings. The van der Waals surface area contributed by atoms with Crippen LogP contribution in [0.2, 0.25) is 5.02 Å². The Morgan fingerprint density at radius 1 is 1.18 bits per heavy atom. The summed E-state index contributed by atoms with van der Waals surface area (Å²) in [6.07, 6.45) is -1.19. The molecular weight excluding hydrogens is 472 g/mol. The second kappa shape index (κ2) is 9.13. The van der Waals surface area contributed by atoms with Gasteiger partial charge in [0.25, 0.3) is 0 Å². The Morgan fingerprint density at radius 3 is 2.65 bits per heavy atom. The molecule has 182 valence electrons. The summed E-state index contributed by atoms with van der Waals surface area (Å²) in [5.74, 6) is -2.03. The molecule has 2 aliphatic rings. The van der Waals surface area contributed by atoms with E-state index in [1.54, 1.807) is 0 Å². The second-order valence-corrected chi connectivity index (χ2v) is 9.23. The van der Waals surface area contributed by atoms with Crippen LogP contribution in [0.25, 0.3) is 0 Å². The molecule has 3 atom stereocenters. The molecular formula is C24H24ClF2NO6. The summed E-state index contributed by atoms with van der Waals surface area (Å²) < 4.78 is 39.9. The first-order chi connectivity index (χ1) is 16.0. The second-order valence-electron chi connectivity index (χ2n) is 8.80. The first kappa shape index (κ1) is 24.4. The van der Waals surface area contributed by atoms with Gasteiger partial charge in [-0.15, -0.1) is 0 Å². The molecule has 10 heteroatoms. The van der Waals surface area contributed by atoms with Gasteiger partial charge in [-0.1, -0.05) is 17.7 Å². The average Bonchev–Trinajstić information content (AvgIpc) is 2.76. The minimum atomic E-state index is -1.71. The lowest BCUT2D eigenvalue weighted by molar-refractivity contribution is -0.197. The molecule has 3 N–H and O–H groups in total. The molecule has 1 aliphatic carbocycles. The molecule has 7 nitrogen and oxygen atoms in total. The van der Waals surface area contributed by atoms with Crippen LogP contribution in [-0.4, -0.2) is 40.4 Å². The fourth-order valence-corrected chi connectivity index (χ4v) is 4.73. The number of anilines is 1. The van der Waals surface area contributed by atoms with E-state index in [9.17, 15) is 28.6 Å². The number of aliphatic hydroxyl groups is 2. The number of fused-ring (bicyclic) bond motifs is 1. The van der Waals surface area contributed by atoms with Crippen molar-refractivity contribution in [3.05, 3.63) is 58.1 Å². The quantitative estimate of drug-likeness (QED) is 0.547. The number of halogens is 3. The lowest BCUT2D eigenvalue weighted by Gasteiger charge is -2.45. The van der Waals surface area contributed by atoms with Crippen LogP contribution in [0.3, 0.4) is 0 Å². The number of carbonyl (C=O) groups is 2. The summed E-state index contributed by atoms with van der Waals surface area (Å²) in [5, 5.41) is 25.2. The van der Waals surface area contributed by atoms with Crippen molar-refractivity contribution in [1.29, 1.82) is 0 Å². The van der Waals surface area contributed by atoms with Crippen LogP contribution in [0.1, 0.15) is 43.7 Å². The standard InChI is InChI=1S/C24H24ClF2NO6/c1-13(29)34-20-11-23(31,16-4-2-14(25)10-18(16)27)8-9-24(20,32)12-33-19-6-5-17(26)22-15(19)3-7-21(30)28-22/h2,4-6,10,20,31-32H,3,7-9,11-12H2,1H3,(H,28,30). The molecule has 1 saturated carbocycles. The molecule has 1 amide bonds. The van der Waals surface area contributed by atoms with Crippen molar-refractivity contribution < 1.29 is 38.1 Å². The van der Waals surface area contributed by atoms with Crippen molar-refractivity contribution in [3.63, 3.8) is 0 Å². The Labute approximate surface area is 199 Å². The van der Waals surface area contributed by atoms with Gasteiger partial charge in [0.1, 0.15) is 35.7 Å². The topological polar surface area (TPSA) is 105 Å². The zero-order valence-electron chi connectivity index (χ0n) is 18.4. The number of amides is 1. The van der Waals surface area contributed by atoms with Gasteiger partial charge in [-0.05, 0) is 43.5 Å². The van der Waals surface area contributed by atoms with Crippen LogP contribution in [0.5, 0.6) is 5.75 Å². The van der Waals surface area contributed by atoms with E-state index in [2.05, 4.69) is 5.32 Å². The molecule has 1 heterocycles. The summed E-state index contributed by atoms with van der Waals surface area (Å²) in [5.41, 5.74) is -2.93. The van der Waals surface area contributed by atoms with E-state index in [1.807, 2.05) is 0 Å². The highest BCUT2D eigenvalue weighted by molar-refractivity contribution is 6.30. The fraction of sp³-hybridized carbons (Fsp3) is 0.417. The highest BCUT2D eigenvalue weighted by Gasteiger charge is 2.52. The Balaban J connectivity index is 1.58. The van der Waals surface area contributed by atoms with E-state index in [0.717, 1.165) is 19.1 Å². The molecule has 34 heavy (non-hydrogen) atoms. The maximum absolute atomic E-state index is 14.6. The van der Waals surface area contributed by atoms with Crippen LogP contribution in [0, 0.1) is 11.6 Å². The number of rotatable bonds is 5. The average molecular weight is 496 g/mol. The summed E-state index contributed by atoms with van der Waals surface area (Å²) in [6.45, 7) is 0.826. The van der Waals surface area contributed by atoms with Crippen molar-refractivity contribution in [2.75, 3.05) is 11.9 Å². The first-order valence-corrected chi connectivity index (χ1v) is 11.2. The van der Waals surface area contributed by atoms with E-state index in [1.165, 1.54) is 18.2 Å². The number of esters is 1. The van der Waals surface area contributed by atoms with E-state index in [-0.39, 0.29) is 66.6 Å². The zero-order chi connectivity index (χ0) is 24.7. The number of hydrogen-bond donors (Lipinski definition) is 3. The highest BCUT2D eigenvalue weighted by Crippen LogP contribution is 2.44. The van der Waals surface area contributed by atoms with Crippen molar-refractivity contribution >= 4 is 29.2 Å². The summed E-state index contributed by atoms with van der Waals surface area (Å²) >= 11 is 5.82. The Bertz CT molecular complexity index is 1140. The predicted octanol–water partition coefficient (Wildman–Crippen LogP) is 3.62. The number of ether oxygens (including phenoxy) is 2. The fourth-order valence-electron chi connectivity index (χ4n) is 4.57. The first-order valence-electron chi connectivity index (χ1n) is 10.8. The van der Waals surface area contributed by atoms with Crippen molar-refractivity contribution in [2.45, 2.75) is 56.3 Å². The van der Waals surface area contributed by atoms with Crippen LogP contribution in [0.4, 0.5) is 14.5 Å². The van der Waals surface area contributed by atoms with Crippen LogP contribution in [-0.2, 0) is 26.3 Å². The SMILES string of the molecule is CC(=O)OC1CC(O)(c2ccc(Cl)cc2F)CCC1(O)COc1ccc(F)c2c1CCC(=O)N2. The monoisotopic (exact) mass is 495 g/mol. The molecule has 0 radical (unpaired) electrons. The summed E-state index contributed by atoms with van der Waals surface area (Å²) in [4.78, 5) is 23.4. The molecule has 2 aromatic rings. The summed E-state index contributed by atoms with van der Waals surface area (Å²) in [7, 11) is 0. The molecule has 0 aromatic heterocycles. The number of nitrogens with one attached hydrogen (secondary N) is 1. The highest BCUT2D eigenvalue weighted by atomic mass is 35.5. The maximum Gasteiger partial charge on any atom is 0.303 e. The van der Waals surface area contributed by atoms with Crippen molar-refractivity contribution in [3.8, 4) is 5.75 Å². The minimum Gasteiger partial charge on any atom is -0.490 e. The lowest BCUT2D eigenvalue weighted by Crippen LogP contribution is -2.56. The molecule has 0 saturated heterocycles. The third-order valence-electron chi connectivity index (χ3n) is 6.40. The minimum absolute atomic E-state index is 0.0135. The zero-order valence-corrected chi connectivity index (χ0v) is 19.1. The van der Waals surface area contributed by atoms with E-state index >= 15 is 0 Å². The van der Waals surface area contributed by atoms with Gasteiger partial charge in [0, 0.05) is 35.9 Å². The number of hydrogen-bond acceptors (Lipinski definition) is 6. The molecule has 2 aromatic carbocycles. The molecule has 1 aliphatic heterocycles. The molecule has 4 rings (SSSR count). The summed E-state index contributed by atoms with van der Waals surface area (Å²) in [6, 6.07) is 6.44. The third-order valence-corrected chi connectivity index (χ3v) is 6.63. The van der Waals surface area contributed by atoms with Gasteiger partial charge in [-0.2, -0.15) is 0 Å². The third kappa shape index (κ3) is 4.73. The number of benzene rings is 2. The van der Waals surface area contributed by atoms with Gasteiger partial charge in [-0.25, -0.2) is 8.78 Å². The largest absolute Gasteiger partial charge is 0.490 e. The van der Waals surface area contributed by atoms with Crippen LogP contribution < -0.4 is 10.1 Å². The Kier molecular flexibility index (Phi) is 6.54. The van der Waals surface area contributed by atoms with Crippen molar-refractivity contribution in [2.24, 2.45) is 0 Å². The van der Waals surface area contributed by atoms with Gasteiger partial charge in [0.2, 0.25) is 5.91 Å². The van der Waals surface area contributed by atoms with E-state index in [0.29, 0.717) is 5.56 Å². The number of carbonyl (C=O) groups excluding carboxylic acids is 2. The van der Waals surface area contributed by atoms with Gasteiger partial charge in [0.15, 0.2) is 0 Å². The predicted molar refractivity (Wildman–Crippen MR) is 119 cm³/mol. The molecule has 0 spiro atoms. The van der Waals surface area contributed by atoms with E-state index < -0.39 is 34.9 Å². The molecule has 0 bridgehead atoms. The lowest BCUT2D eigenvalue weighted by atomic mass is 9.71. The normalized spacial score (nSPS) is 26.4. The van der Waals surface area contributed by atoms with Gasteiger partial charge in [0.05, 0.1) is 11.3 Å². The Morgan fingerprint density at radius 2 is 1.94 bits per heavy atom. The van der Waals surface area contributed by atoms with Crippen LogP contribution >= 0.6 is 11.6 Å². The van der Waals surface area contributed by atoms with Crippen molar-refractivity contribution in [1.82, 2.24) is 0 Å². The maximum atomic E-state index is 14.6. The smallest absolute Gasteiger partial charge is 0.303 e. The van der Waals surface area contributed by atoms with Crippen LogP contribution in [0.15, 0.2) is 30.3 Å². The molecule has 3 unspecified atom stereocenters. The van der Waals surface area contributed by atoms with Gasteiger partial charge in [-0.3, -0.25) is 9.59 Å².